The fraction of sp³-hybridized carbons (Fsp3) is 0.188. The molecule has 25 heavy (non-hydrogen) atoms. The quantitative estimate of drug-likeness (QED) is 0.756. The third-order valence-corrected chi connectivity index (χ3v) is 3.54. The lowest BCUT2D eigenvalue weighted by atomic mass is 10.2. The third kappa shape index (κ3) is 3.54. The fourth-order valence-electron chi connectivity index (χ4n) is 2.28. The maximum Gasteiger partial charge on any atom is 0.420 e. The standard InChI is InChI=1S/C16H13F3N4O2/c1-25-10-4-2-9(3-5-10)7-20-14-11(16(17,18)19)6-12-13(23-14)15(24)22-8-21-12/h2-6,8H,7H2,1H3,(H,20,23)(H,21,22,24). The maximum absolute atomic E-state index is 13.3. The van der Waals surface area contributed by atoms with Gasteiger partial charge >= 0.3 is 6.18 Å². The molecule has 0 aliphatic heterocycles. The van der Waals surface area contributed by atoms with Crippen molar-refractivity contribution in [3.05, 3.63) is 58.1 Å². The summed E-state index contributed by atoms with van der Waals surface area (Å²) in [5, 5.41) is 2.64. The summed E-state index contributed by atoms with van der Waals surface area (Å²) in [6.45, 7) is 0.101. The molecule has 2 aromatic heterocycles. The molecular weight excluding hydrogens is 337 g/mol. The van der Waals surface area contributed by atoms with Gasteiger partial charge in [-0.25, -0.2) is 9.97 Å². The second-order valence-electron chi connectivity index (χ2n) is 5.18. The number of nitrogens with one attached hydrogen (secondary N) is 2. The van der Waals surface area contributed by atoms with Crippen molar-refractivity contribution in [3.63, 3.8) is 0 Å². The van der Waals surface area contributed by atoms with Gasteiger partial charge < -0.3 is 15.0 Å². The normalized spacial score (nSPS) is 11.5. The average molecular weight is 350 g/mol. The minimum atomic E-state index is -4.63. The third-order valence-electron chi connectivity index (χ3n) is 3.54. The molecule has 9 heteroatoms. The van der Waals surface area contributed by atoms with Crippen LogP contribution in [0, 0.1) is 0 Å². The summed E-state index contributed by atoms with van der Waals surface area (Å²) in [5.74, 6) is 0.218. The first-order valence-corrected chi connectivity index (χ1v) is 7.21. The Morgan fingerprint density at radius 1 is 1.24 bits per heavy atom. The summed E-state index contributed by atoms with van der Waals surface area (Å²) >= 11 is 0. The first-order chi connectivity index (χ1) is 11.9. The van der Waals surface area contributed by atoms with Gasteiger partial charge in [-0.05, 0) is 23.8 Å². The second kappa shape index (κ2) is 6.42. The summed E-state index contributed by atoms with van der Waals surface area (Å²) in [4.78, 5) is 21.6. The summed E-state index contributed by atoms with van der Waals surface area (Å²) in [6.07, 6.45) is -3.59. The number of aromatic nitrogens is 3. The Hall–Kier alpha value is -3.10. The smallest absolute Gasteiger partial charge is 0.420 e. The molecule has 0 amide bonds. The van der Waals surface area contributed by atoms with Gasteiger partial charge in [-0.15, -0.1) is 0 Å². The number of halogens is 3. The SMILES string of the molecule is COc1ccc(CNc2nc3c(=O)[nH]cnc3cc2C(F)(F)F)cc1. The molecule has 0 saturated carbocycles. The van der Waals surface area contributed by atoms with Crippen LogP contribution in [0.15, 0.2) is 41.5 Å². The summed E-state index contributed by atoms with van der Waals surface area (Å²) in [7, 11) is 1.52. The summed E-state index contributed by atoms with van der Waals surface area (Å²) < 4.78 is 44.9. The molecule has 2 N–H and O–H groups in total. The van der Waals surface area contributed by atoms with Crippen LogP contribution in [0.1, 0.15) is 11.1 Å². The largest absolute Gasteiger partial charge is 0.497 e. The number of methoxy groups -OCH3 is 1. The van der Waals surface area contributed by atoms with Gasteiger partial charge in [0, 0.05) is 6.54 Å². The van der Waals surface area contributed by atoms with Crippen molar-refractivity contribution in [2.24, 2.45) is 0 Å². The maximum atomic E-state index is 13.3. The van der Waals surface area contributed by atoms with Crippen molar-refractivity contribution in [1.82, 2.24) is 15.0 Å². The lowest BCUT2D eigenvalue weighted by Gasteiger charge is -2.14. The van der Waals surface area contributed by atoms with E-state index in [1.165, 1.54) is 7.11 Å². The van der Waals surface area contributed by atoms with E-state index in [-0.39, 0.29) is 17.6 Å². The fourth-order valence-corrected chi connectivity index (χ4v) is 2.28. The van der Waals surface area contributed by atoms with E-state index in [1.54, 1.807) is 24.3 Å². The molecule has 6 nitrogen and oxygen atoms in total. The molecule has 0 aliphatic rings. The van der Waals surface area contributed by atoms with Gasteiger partial charge in [0.15, 0.2) is 5.52 Å². The zero-order valence-corrected chi connectivity index (χ0v) is 13.0. The van der Waals surface area contributed by atoms with Crippen LogP contribution < -0.4 is 15.6 Å². The highest BCUT2D eigenvalue weighted by Gasteiger charge is 2.35. The number of anilines is 1. The number of hydrogen-bond acceptors (Lipinski definition) is 5. The molecule has 3 aromatic rings. The van der Waals surface area contributed by atoms with Gasteiger partial charge in [0.1, 0.15) is 17.1 Å². The number of rotatable bonds is 4. The van der Waals surface area contributed by atoms with Crippen molar-refractivity contribution in [3.8, 4) is 5.75 Å². The number of ether oxygens (including phenoxy) is 1. The molecule has 130 valence electrons. The predicted octanol–water partition coefficient (Wildman–Crippen LogP) is 2.96. The monoisotopic (exact) mass is 350 g/mol. The van der Waals surface area contributed by atoms with E-state index < -0.39 is 23.1 Å². The number of benzene rings is 1. The van der Waals surface area contributed by atoms with Crippen LogP contribution >= 0.6 is 0 Å². The first-order valence-electron chi connectivity index (χ1n) is 7.21. The van der Waals surface area contributed by atoms with Crippen molar-refractivity contribution < 1.29 is 17.9 Å². The number of pyridine rings is 1. The Bertz CT molecular complexity index is 952. The van der Waals surface area contributed by atoms with Crippen LogP contribution in [0.25, 0.3) is 11.0 Å². The topological polar surface area (TPSA) is 79.9 Å². The molecule has 0 unspecified atom stereocenters. The van der Waals surface area contributed by atoms with E-state index in [0.29, 0.717) is 5.75 Å². The molecule has 0 radical (unpaired) electrons. The number of hydrogen-bond donors (Lipinski definition) is 2. The van der Waals surface area contributed by atoms with Crippen LogP contribution in [-0.2, 0) is 12.7 Å². The lowest BCUT2D eigenvalue weighted by Crippen LogP contribution is -2.16. The van der Waals surface area contributed by atoms with Gasteiger partial charge in [-0.2, -0.15) is 13.2 Å². The van der Waals surface area contributed by atoms with E-state index in [2.05, 4.69) is 20.3 Å². The lowest BCUT2D eigenvalue weighted by molar-refractivity contribution is -0.137. The van der Waals surface area contributed by atoms with E-state index >= 15 is 0 Å². The minimum Gasteiger partial charge on any atom is -0.497 e. The second-order valence-corrected chi connectivity index (χ2v) is 5.18. The molecular formula is C16H13F3N4O2. The Morgan fingerprint density at radius 2 is 1.96 bits per heavy atom. The Kier molecular flexibility index (Phi) is 4.30. The van der Waals surface area contributed by atoms with E-state index in [0.717, 1.165) is 18.0 Å². The predicted molar refractivity (Wildman–Crippen MR) is 85.5 cm³/mol. The van der Waals surface area contributed by atoms with Crippen LogP contribution in [0.4, 0.5) is 19.0 Å². The van der Waals surface area contributed by atoms with Gasteiger partial charge in [0.2, 0.25) is 0 Å². The van der Waals surface area contributed by atoms with Crippen molar-refractivity contribution >= 4 is 16.9 Å². The molecule has 0 spiro atoms. The molecule has 0 atom stereocenters. The van der Waals surface area contributed by atoms with Gasteiger partial charge in [-0.1, -0.05) is 12.1 Å². The molecule has 1 aromatic carbocycles. The van der Waals surface area contributed by atoms with Crippen LogP contribution in [-0.4, -0.2) is 22.1 Å². The van der Waals surface area contributed by atoms with E-state index in [9.17, 15) is 18.0 Å². The molecule has 2 heterocycles. The molecule has 0 bridgehead atoms. The van der Waals surface area contributed by atoms with E-state index in [1.807, 2.05) is 0 Å². The molecule has 3 rings (SSSR count). The van der Waals surface area contributed by atoms with Gasteiger partial charge in [0.05, 0.1) is 19.0 Å². The van der Waals surface area contributed by atoms with Crippen LogP contribution in [0.3, 0.4) is 0 Å². The minimum absolute atomic E-state index is 0.101. The van der Waals surface area contributed by atoms with Crippen LogP contribution in [0.2, 0.25) is 0 Å². The Balaban J connectivity index is 1.97. The number of alkyl halides is 3. The highest BCUT2D eigenvalue weighted by Crippen LogP contribution is 2.35. The summed E-state index contributed by atoms with van der Waals surface area (Å²) in [5.41, 5.74) is -1.13. The van der Waals surface area contributed by atoms with Crippen molar-refractivity contribution in [2.75, 3.05) is 12.4 Å². The molecule has 0 saturated heterocycles. The highest BCUT2D eigenvalue weighted by atomic mass is 19.4. The Labute approximate surface area is 139 Å². The van der Waals surface area contributed by atoms with Gasteiger partial charge in [0.25, 0.3) is 5.56 Å². The highest BCUT2D eigenvalue weighted by molar-refractivity contribution is 5.77. The molecule has 0 aliphatic carbocycles. The van der Waals surface area contributed by atoms with Crippen molar-refractivity contribution in [1.29, 1.82) is 0 Å². The van der Waals surface area contributed by atoms with Gasteiger partial charge in [-0.3, -0.25) is 4.79 Å². The number of H-pyrrole nitrogens is 1. The number of fused-ring (bicyclic) bond motifs is 1. The summed E-state index contributed by atoms with van der Waals surface area (Å²) in [6, 6.07) is 7.64. The zero-order valence-electron chi connectivity index (χ0n) is 13.0. The van der Waals surface area contributed by atoms with E-state index in [4.69, 9.17) is 4.74 Å². The Morgan fingerprint density at radius 3 is 2.60 bits per heavy atom. The first kappa shape index (κ1) is 16.7. The zero-order chi connectivity index (χ0) is 18.0. The average Bonchev–Trinajstić information content (AvgIpc) is 2.59. The number of nitrogens with zero attached hydrogens (tertiary/aromatic N) is 2. The number of aromatic amines is 1. The van der Waals surface area contributed by atoms with Crippen molar-refractivity contribution in [2.45, 2.75) is 12.7 Å². The molecule has 0 fully saturated rings. The van der Waals surface area contributed by atoms with Crippen LogP contribution in [0.5, 0.6) is 5.75 Å².